The Balaban J connectivity index is 1.97. The summed E-state index contributed by atoms with van der Waals surface area (Å²) in [5, 5.41) is 4.60. The maximum Gasteiger partial charge on any atom is 0.0705 e. The zero-order valence-corrected chi connectivity index (χ0v) is 11.8. The maximum atomic E-state index is 4.51. The first kappa shape index (κ1) is 13.8. The second-order valence-corrected chi connectivity index (χ2v) is 4.85. The molecule has 19 heavy (non-hydrogen) atoms. The van der Waals surface area contributed by atoms with Gasteiger partial charge in [0, 0.05) is 11.1 Å². The van der Waals surface area contributed by atoms with Gasteiger partial charge in [0.05, 0.1) is 5.52 Å². The van der Waals surface area contributed by atoms with Crippen molar-refractivity contribution in [3.05, 3.63) is 47.7 Å². The highest BCUT2D eigenvalue weighted by Crippen LogP contribution is 2.15. The Morgan fingerprint density at radius 1 is 1.16 bits per heavy atom. The first-order chi connectivity index (χ1) is 9.29. The summed E-state index contributed by atoms with van der Waals surface area (Å²) in [6, 6.07) is 10.6. The molecule has 0 amide bonds. The smallest absolute Gasteiger partial charge is 0.0705 e. The molecule has 2 heteroatoms. The van der Waals surface area contributed by atoms with Crippen LogP contribution in [0, 0.1) is 6.92 Å². The first-order valence-corrected chi connectivity index (χ1v) is 7.04. The molecule has 2 nitrogen and oxygen atoms in total. The van der Waals surface area contributed by atoms with Crippen molar-refractivity contribution < 1.29 is 0 Å². The Kier molecular flexibility index (Phi) is 5.10. The van der Waals surface area contributed by atoms with E-state index in [1.165, 1.54) is 17.4 Å². The van der Waals surface area contributed by atoms with Gasteiger partial charge in [-0.2, -0.15) is 0 Å². The second-order valence-electron chi connectivity index (χ2n) is 4.85. The predicted octanol–water partition coefficient (Wildman–Crippen LogP) is 3.95. The fourth-order valence-electron chi connectivity index (χ4n) is 2.06. The van der Waals surface area contributed by atoms with E-state index in [2.05, 4.69) is 59.7 Å². The van der Waals surface area contributed by atoms with E-state index in [0.717, 1.165) is 30.7 Å². The minimum Gasteiger partial charge on any atom is -0.316 e. The molecule has 0 unspecified atom stereocenters. The summed E-state index contributed by atoms with van der Waals surface area (Å²) in [6.45, 7) is 6.37. The van der Waals surface area contributed by atoms with Crippen LogP contribution in [0.5, 0.6) is 0 Å². The van der Waals surface area contributed by atoms with E-state index in [1.807, 2.05) is 6.92 Å². The van der Waals surface area contributed by atoms with E-state index in [1.54, 1.807) is 0 Å². The van der Waals surface area contributed by atoms with Gasteiger partial charge in [0.1, 0.15) is 0 Å². The lowest BCUT2D eigenvalue weighted by atomic mass is 10.1. The molecule has 0 fully saturated rings. The molecular weight excluding hydrogens is 232 g/mol. The summed E-state index contributed by atoms with van der Waals surface area (Å²) in [7, 11) is 0. The van der Waals surface area contributed by atoms with Gasteiger partial charge in [-0.1, -0.05) is 31.2 Å². The van der Waals surface area contributed by atoms with Crippen LogP contribution in [0.3, 0.4) is 0 Å². The van der Waals surface area contributed by atoms with Gasteiger partial charge in [0.25, 0.3) is 0 Å². The Morgan fingerprint density at radius 3 is 2.89 bits per heavy atom. The third-order valence-electron chi connectivity index (χ3n) is 3.08. The number of nitrogens with zero attached hydrogens (tertiary/aromatic N) is 1. The lowest BCUT2D eigenvalue weighted by molar-refractivity contribution is 0.679. The molecule has 0 radical (unpaired) electrons. The fraction of sp³-hybridized carbons (Fsp3) is 0.353. The lowest BCUT2D eigenvalue weighted by Crippen LogP contribution is -2.14. The molecule has 1 aromatic heterocycles. The Hall–Kier alpha value is -1.67. The lowest BCUT2D eigenvalue weighted by Gasteiger charge is -2.01. The van der Waals surface area contributed by atoms with E-state index in [0.29, 0.717) is 0 Å². The van der Waals surface area contributed by atoms with Crippen LogP contribution in [0.15, 0.2) is 36.4 Å². The summed E-state index contributed by atoms with van der Waals surface area (Å²) in [6.07, 6.45) is 6.68. The third kappa shape index (κ3) is 4.18. The highest BCUT2D eigenvalue weighted by atomic mass is 14.8. The molecule has 0 atom stereocenters. The number of hydrogen-bond donors (Lipinski definition) is 1. The van der Waals surface area contributed by atoms with Crippen LogP contribution in [-0.2, 0) is 0 Å². The summed E-state index contributed by atoms with van der Waals surface area (Å²) < 4.78 is 0. The summed E-state index contributed by atoms with van der Waals surface area (Å²) in [5.74, 6) is 0. The Bertz CT molecular complexity index is 558. The van der Waals surface area contributed by atoms with Gasteiger partial charge in [0.2, 0.25) is 0 Å². The monoisotopic (exact) mass is 254 g/mol. The number of aryl methyl sites for hydroxylation is 1. The number of benzene rings is 1. The highest BCUT2D eigenvalue weighted by Gasteiger charge is 1.95. The molecule has 1 heterocycles. The summed E-state index contributed by atoms with van der Waals surface area (Å²) >= 11 is 0. The van der Waals surface area contributed by atoms with Gasteiger partial charge in [-0.15, -0.1) is 0 Å². The topological polar surface area (TPSA) is 24.9 Å². The predicted molar refractivity (Wildman–Crippen MR) is 83.3 cm³/mol. The largest absolute Gasteiger partial charge is 0.316 e. The van der Waals surface area contributed by atoms with Gasteiger partial charge in [-0.3, -0.25) is 4.98 Å². The van der Waals surface area contributed by atoms with Crippen molar-refractivity contribution in [2.75, 3.05) is 13.1 Å². The van der Waals surface area contributed by atoms with Gasteiger partial charge in [-0.25, -0.2) is 0 Å². The average molecular weight is 254 g/mol. The quantitative estimate of drug-likeness (QED) is 0.790. The highest BCUT2D eigenvalue weighted by molar-refractivity contribution is 5.81. The molecule has 2 rings (SSSR count). The van der Waals surface area contributed by atoms with Crippen LogP contribution in [0.25, 0.3) is 17.0 Å². The van der Waals surface area contributed by atoms with Crippen LogP contribution >= 0.6 is 0 Å². The molecule has 1 aromatic carbocycles. The van der Waals surface area contributed by atoms with Crippen molar-refractivity contribution in [3.8, 4) is 0 Å². The maximum absolute atomic E-state index is 4.51. The minimum absolute atomic E-state index is 1.05. The zero-order chi connectivity index (χ0) is 13.5. The molecule has 0 aliphatic carbocycles. The van der Waals surface area contributed by atoms with Gasteiger partial charge in [-0.05, 0) is 56.6 Å². The Morgan fingerprint density at radius 2 is 2.05 bits per heavy atom. The number of fused-ring (bicyclic) bond motifs is 1. The molecule has 0 aliphatic heterocycles. The van der Waals surface area contributed by atoms with E-state index in [4.69, 9.17) is 0 Å². The van der Waals surface area contributed by atoms with Crippen LogP contribution in [0.4, 0.5) is 0 Å². The minimum atomic E-state index is 1.05. The Labute approximate surface area is 115 Å². The molecule has 100 valence electrons. The van der Waals surface area contributed by atoms with Crippen molar-refractivity contribution in [1.82, 2.24) is 10.3 Å². The first-order valence-electron chi connectivity index (χ1n) is 7.04. The van der Waals surface area contributed by atoms with Crippen LogP contribution in [0.2, 0.25) is 0 Å². The number of nitrogens with one attached hydrogen (secondary N) is 1. The number of aromatic nitrogens is 1. The molecule has 2 aromatic rings. The number of hydrogen-bond acceptors (Lipinski definition) is 2. The number of rotatable bonds is 6. The van der Waals surface area contributed by atoms with E-state index >= 15 is 0 Å². The summed E-state index contributed by atoms with van der Waals surface area (Å²) in [5.41, 5.74) is 3.38. The average Bonchev–Trinajstić information content (AvgIpc) is 2.43. The van der Waals surface area contributed by atoms with Gasteiger partial charge in [0.15, 0.2) is 0 Å². The molecule has 0 bridgehead atoms. The molecule has 1 N–H and O–H groups in total. The van der Waals surface area contributed by atoms with Crippen molar-refractivity contribution in [1.29, 1.82) is 0 Å². The molecule has 0 spiro atoms. The molecule has 0 saturated carbocycles. The molecular formula is C17H22N2. The van der Waals surface area contributed by atoms with Crippen molar-refractivity contribution in [2.24, 2.45) is 0 Å². The standard InChI is InChI=1S/C17H22N2/c1-3-11-18-12-5-4-6-15-8-10-17-16(13-15)9-7-14(2)19-17/h4,6-10,13,18H,3,5,11-12H2,1-2H3/b6-4+. The SMILES string of the molecule is CCCNCC/C=C/c1ccc2nc(C)ccc2c1. The van der Waals surface area contributed by atoms with Gasteiger partial charge >= 0.3 is 0 Å². The summed E-state index contributed by atoms with van der Waals surface area (Å²) in [4.78, 5) is 4.51. The van der Waals surface area contributed by atoms with Crippen molar-refractivity contribution in [3.63, 3.8) is 0 Å². The van der Waals surface area contributed by atoms with Crippen LogP contribution in [0.1, 0.15) is 31.0 Å². The van der Waals surface area contributed by atoms with Crippen molar-refractivity contribution >= 4 is 17.0 Å². The number of pyridine rings is 1. The zero-order valence-electron chi connectivity index (χ0n) is 11.8. The second kappa shape index (κ2) is 7.05. The third-order valence-corrected chi connectivity index (χ3v) is 3.08. The van der Waals surface area contributed by atoms with E-state index in [-0.39, 0.29) is 0 Å². The van der Waals surface area contributed by atoms with Gasteiger partial charge < -0.3 is 5.32 Å². The van der Waals surface area contributed by atoms with Crippen molar-refractivity contribution in [2.45, 2.75) is 26.7 Å². The molecule has 0 saturated heterocycles. The van der Waals surface area contributed by atoms with E-state index < -0.39 is 0 Å². The van der Waals surface area contributed by atoms with E-state index in [9.17, 15) is 0 Å². The normalized spacial score (nSPS) is 11.5. The van der Waals surface area contributed by atoms with Crippen LogP contribution < -0.4 is 5.32 Å². The fourth-order valence-corrected chi connectivity index (χ4v) is 2.06. The molecule has 0 aliphatic rings. The van der Waals surface area contributed by atoms with Crippen LogP contribution in [-0.4, -0.2) is 18.1 Å².